The second-order valence-corrected chi connectivity index (χ2v) is 4.46. The molecular weight excluding hydrogens is 242 g/mol. The van der Waals surface area contributed by atoms with Crippen molar-refractivity contribution in [2.75, 3.05) is 13.7 Å². The summed E-state index contributed by atoms with van der Waals surface area (Å²) < 4.78 is 6.48. The Labute approximate surface area is 93.0 Å². The third kappa shape index (κ3) is 1.66. The standard InChI is InChI=1S/C11H14BrNO/c1-3-13-6-8-4-9(12)5-11(14-2)10(8)7-13/h4-5H,3,6-7H2,1-2H3. The predicted octanol–water partition coefficient (Wildman–Crippen LogP) is 2.79. The molecule has 0 spiro atoms. The van der Waals surface area contributed by atoms with Crippen LogP contribution < -0.4 is 4.74 Å². The molecule has 1 aliphatic heterocycles. The molecule has 0 N–H and O–H groups in total. The van der Waals surface area contributed by atoms with E-state index in [1.165, 1.54) is 11.1 Å². The maximum absolute atomic E-state index is 5.37. The number of benzene rings is 1. The minimum absolute atomic E-state index is 1.00. The minimum atomic E-state index is 1.00. The van der Waals surface area contributed by atoms with Crippen LogP contribution in [0.25, 0.3) is 0 Å². The van der Waals surface area contributed by atoms with Crippen molar-refractivity contribution in [2.45, 2.75) is 20.0 Å². The fraction of sp³-hybridized carbons (Fsp3) is 0.455. The quantitative estimate of drug-likeness (QED) is 0.806. The van der Waals surface area contributed by atoms with Crippen molar-refractivity contribution in [1.82, 2.24) is 4.90 Å². The summed E-state index contributed by atoms with van der Waals surface area (Å²) in [5.41, 5.74) is 2.73. The molecule has 76 valence electrons. The van der Waals surface area contributed by atoms with Gasteiger partial charge in [0.05, 0.1) is 7.11 Å². The Balaban J connectivity index is 2.40. The van der Waals surface area contributed by atoms with Crippen molar-refractivity contribution in [2.24, 2.45) is 0 Å². The van der Waals surface area contributed by atoms with E-state index < -0.39 is 0 Å². The predicted molar refractivity (Wildman–Crippen MR) is 60.5 cm³/mol. The van der Waals surface area contributed by atoms with Crippen molar-refractivity contribution in [3.05, 3.63) is 27.7 Å². The molecule has 0 amide bonds. The van der Waals surface area contributed by atoms with E-state index in [1.54, 1.807) is 7.11 Å². The SMILES string of the molecule is CCN1Cc2cc(Br)cc(OC)c2C1. The van der Waals surface area contributed by atoms with Gasteiger partial charge in [-0.15, -0.1) is 0 Å². The van der Waals surface area contributed by atoms with E-state index in [0.717, 1.165) is 29.9 Å². The Morgan fingerprint density at radius 3 is 2.86 bits per heavy atom. The van der Waals surface area contributed by atoms with Crippen LogP contribution in [-0.4, -0.2) is 18.6 Å². The normalized spacial score (nSPS) is 15.6. The number of rotatable bonds is 2. The Kier molecular flexibility index (Phi) is 2.79. The largest absolute Gasteiger partial charge is 0.496 e. The molecule has 0 atom stereocenters. The Bertz CT molecular complexity index is 351. The maximum Gasteiger partial charge on any atom is 0.124 e. The summed E-state index contributed by atoms with van der Waals surface area (Å²) >= 11 is 3.50. The summed E-state index contributed by atoms with van der Waals surface area (Å²) in [4.78, 5) is 2.40. The molecule has 0 saturated carbocycles. The summed E-state index contributed by atoms with van der Waals surface area (Å²) in [6.07, 6.45) is 0. The van der Waals surface area contributed by atoms with Gasteiger partial charge in [-0.2, -0.15) is 0 Å². The van der Waals surface area contributed by atoms with Crippen LogP contribution in [0, 0.1) is 0 Å². The first-order valence-corrected chi connectivity index (χ1v) is 5.61. The molecule has 1 aliphatic rings. The zero-order valence-corrected chi connectivity index (χ0v) is 10.1. The van der Waals surface area contributed by atoms with Gasteiger partial charge >= 0.3 is 0 Å². The summed E-state index contributed by atoms with van der Waals surface area (Å²) in [5, 5.41) is 0. The van der Waals surface area contributed by atoms with Gasteiger partial charge in [0, 0.05) is 23.1 Å². The fourth-order valence-corrected chi connectivity index (χ4v) is 2.40. The Hall–Kier alpha value is -0.540. The number of hydrogen-bond donors (Lipinski definition) is 0. The number of hydrogen-bond acceptors (Lipinski definition) is 2. The first-order chi connectivity index (χ1) is 6.74. The number of nitrogens with zero attached hydrogens (tertiary/aromatic N) is 1. The molecule has 1 aromatic rings. The second-order valence-electron chi connectivity index (χ2n) is 3.55. The number of ether oxygens (including phenoxy) is 1. The average Bonchev–Trinajstić information content (AvgIpc) is 2.59. The number of methoxy groups -OCH3 is 1. The first-order valence-electron chi connectivity index (χ1n) is 4.82. The third-order valence-electron chi connectivity index (χ3n) is 2.71. The molecule has 3 heteroatoms. The maximum atomic E-state index is 5.37. The van der Waals surface area contributed by atoms with Crippen LogP contribution in [0.1, 0.15) is 18.1 Å². The Morgan fingerprint density at radius 1 is 1.43 bits per heavy atom. The molecule has 0 unspecified atom stereocenters. The van der Waals surface area contributed by atoms with Crippen LogP contribution >= 0.6 is 15.9 Å². The average molecular weight is 256 g/mol. The van der Waals surface area contributed by atoms with Crippen LogP contribution in [0.4, 0.5) is 0 Å². The lowest BCUT2D eigenvalue weighted by Crippen LogP contribution is -2.14. The first kappa shape index (κ1) is 9.99. The van der Waals surface area contributed by atoms with Crippen LogP contribution in [-0.2, 0) is 13.1 Å². The van der Waals surface area contributed by atoms with E-state index >= 15 is 0 Å². The van der Waals surface area contributed by atoms with Gasteiger partial charge in [0.2, 0.25) is 0 Å². The van der Waals surface area contributed by atoms with Crippen LogP contribution in [0.3, 0.4) is 0 Å². The van der Waals surface area contributed by atoms with Gasteiger partial charge in [0.15, 0.2) is 0 Å². The summed E-state index contributed by atoms with van der Waals surface area (Å²) in [7, 11) is 1.73. The van der Waals surface area contributed by atoms with E-state index in [-0.39, 0.29) is 0 Å². The molecule has 0 fully saturated rings. The van der Waals surface area contributed by atoms with E-state index in [1.807, 2.05) is 6.07 Å². The molecule has 14 heavy (non-hydrogen) atoms. The second kappa shape index (κ2) is 3.91. The lowest BCUT2D eigenvalue weighted by atomic mass is 10.1. The topological polar surface area (TPSA) is 12.5 Å². The number of fused-ring (bicyclic) bond motifs is 1. The molecule has 0 saturated heterocycles. The van der Waals surface area contributed by atoms with E-state index in [4.69, 9.17) is 4.74 Å². The van der Waals surface area contributed by atoms with Crippen molar-refractivity contribution >= 4 is 15.9 Å². The number of halogens is 1. The van der Waals surface area contributed by atoms with Gasteiger partial charge < -0.3 is 4.74 Å². The van der Waals surface area contributed by atoms with Crippen molar-refractivity contribution in [3.63, 3.8) is 0 Å². The highest BCUT2D eigenvalue weighted by molar-refractivity contribution is 9.10. The molecule has 2 nitrogen and oxygen atoms in total. The summed E-state index contributed by atoms with van der Waals surface area (Å²) in [6.45, 7) is 5.34. The Morgan fingerprint density at radius 2 is 2.21 bits per heavy atom. The van der Waals surface area contributed by atoms with Crippen molar-refractivity contribution in [1.29, 1.82) is 0 Å². The van der Waals surface area contributed by atoms with Gasteiger partial charge in [-0.05, 0) is 24.2 Å². The molecular formula is C11H14BrNO. The van der Waals surface area contributed by atoms with Gasteiger partial charge in [-0.3, -0.25) is 4.90 Å². The van der Waals surface area contributed by atoms with Crippen molar-refractivity contribution in [3.8, 4) is 5.75 Å². The summed E-state index contributed by atoms with van der Waals surface area (Å²) in [6, 6.07) is 4.23. The van der Waals surface area contributed by atoms with E-state index in [9.17, 15) is 0 Å². The van der Waals surface area contributed by atoms with Crippen LogP contribution in [0.2, 0.25) is 0 Å². The molecule has 0 bridgehead atoms. The third-order valence-corrected chi connectivity index (χ3v) is 3.17. The van der Waals surface area contributed by atoms with Crippen LogP contribution in [0.5, 0.6) is 5.75 Å². The summed E-state index contributed by atoms with van der Waals surface area (Å²) in [5.74, 6) is 1.00. The molecule has 0 aromatic heterocycles. The smallest absolute Gasteiger partial charge is 0.124 e. The van der Waals surface area contributed by atoms with Gasteiger partial charge in [-0.25, -0.2) is 0 Å². The molecule has 1 aromatic carbocycles. The highest BCUT2D eigenvalue weighted by atomic mass is 79.9. The van der Waals surface area contributed by atoms with E-state index in [2.05, 4.69) is 33.8 Å². The fourth-order valence-electron chi connectivity index (χ4n) is 1.91. The monoisotopic (exact) mass is 255 g/mol. The molecule has 1 heterocycles. The molecule has 0 aliphatic carbocycles. The minimum Gasteiger partial charge on any atom is -0.496 e. The van der Waals surface area contributed by atoms with Crippen molar-refractivity contribution < 1.29 is 4.74 Å². The zero-order chi connectivity index (χ0) is 10.1. The lowest BCUT2D eigenvalue weighted by Gasteiger charge is -2.10. The highest BCUT2D eigenvalue weighted by Gasteiger charge is 2.21. The van der Waals surface area contributed by atoms with Crippen LogP contribution in [0.15, 0.2) is 16.6 Å². The molecule has 0 radical (unpaired) electrons. The van der Waals surface area contributed by atoms with E-state index in [0.29, 0.717) is 0 Å². The zero-order valence-electron chi connectivity index (χ0n) is 8.51. The van der Waals surface area contributed by atoms with Gasteiger partial charge in [0.25, 0.3) is 0 Å². The lowest BCUT2D eigenvalue weighted by molar-refractivity contribution is 0.297. The van der Waals surface area contributed by atoms with Gasteiger partial charge in [0.1, 0.15) is 5.75 Å². The highest BCUT2D eigenvalue weighted by Crippen LogP contribution is 2.33. The molecule has 2 rings (SSSR count). The van der Waals surface area contributed by atoms with Gasteiger partial charge in [-0.1, -0.05) is 22.9 Å².